The molecule has 0 saturated carbocycles. The Morgan fingerprint density at radius 3 is 2.73 bits per heavy atom. The average Bonchev–Trinajstić information content (AvgIpc) is 3.28. The SMILES string of the molecule is O=C(O)Nc1nc2cccc(-c3ccc(CNc4ccon4)cc3)n2n1. The molecule has 9 nitrogen and oxygen atoms in total. The summed E-state index contributed by atoms with van der Waals surface area (Å²) in [5, 5.41) is 22.1. The van der Waals surface area contributed by atoms with Crippen molar-refractivity contribution in [2.75, 3.05) is 10.6 Å². The fourth-order valence-electron chi connectivity index (χ4n) is 2.56. The third-order valence-corrected chi connectivity index (χ3v) is 3.74. The van der Waals surface area contributed by atoms with Gasteiger partial charge in [-0.2, -0.15) is 4.98 Å². The number of benzene rings is 1. The van der Waals surface area contributed by atoms with Crippen LogP contribution in [-0.4, -0.2) is 31.0 Å². The minimum absolute atomic E-state index is 0.0402. The van der Waals surface area contributed by atoms with Gasteiger partial charge in [-0.25, -0.2) is 9.31 Å². The molecular weight excluding hydrogens is 336 g/mol. The molecule has 0 saturated heterocycles. The summed E-state index contributed by atoms with van der Waals surface area (Å²) in [6, 6.07) is 15.2. The highest BCUT2D eigenvalue weighted by Gasteiger charge is 2.10. The van der Waals surface area contributed by atoms with Crippen molar-refractivity contribution in [2.24, 2.45) is 0 Å². The third kappa shape index (κ3) is 3.18. The lowest BCUT2D eigenvalue weighted by Gasteiger charge is -2.06. The first kappa shape index (κ1) is 15.6. The minimum Gasteiger partial charge on any atom is -0.465 e. The molecule has 0 aliphatic rings. The van der Waals surface area contributed by atoms with Crippen LogP contribution in [0.4, 0.5) is 16.6 Å². The summed E-state index contributed by atoms with van der Waals surface area (Å²) in [6.45, 7) is 0.618. The largest absolute Gasteiger partial charge is 0.465 e. The number of hydrogen-bond donors (Lipinski definition) is 3. The molecule has 3 heterocycles. The van der Waals surface area contributed by atoms with Crippen molar-refractivity contribution < 1.29 is 14.4 Å². The van der Waals surface area contributed by atoms with Gasteiger partial charge in [-0.1, -0.05) is 35.5 Å². The van der Waals surface area contributed by atoms with Crippen LogP contribution in [0.15, 0.2) is 59.3 Å². The number of carboxylic acid groups (broad SMARTS) is 1. The molecule has 0 aliphatic carbocycles. The van der Waals surface area contributed by atoms with Crippen molar-refractivity contribution in [3.05, 3.63) is 60.4 Å². The van der Waals surface area contributed by atoms with E-state index in [1.54, 1.807) is 16.6 Å². The van der Waals surface area contributed by atoms with Gasteiger partial charge in [-0.15, -0.1) is 5.10 Å². The summed E-state index contributed by atoms with van der Waals surface area (Å²) in [6.07, 6.45) is 0.309. The van der Waals surface area contributed by atoms with Crippen molar-refractivity contribution in [1.82, 2.24) is 19.8 Å². The molecule has 0 aliphatic heterocycles. The molecule has 0 atom stereocenters. The number of carbonyl (C=O) groups is 1. The molecule has 0 unspecified atom stereocenters. The Morgan fingerprint density at radius 2 is 2.00 bits per heavy atom. The van der Waals surface area contributed by atoms with E-state index in [0.717, 1.165) is 16.8 Å². The highest BCUT2D eigenvalue weighted by molar-refractivity contribution is 5.80. The lowest BCUT2D eigenvalue weighted by atomic mass is 10.1. The fraction of sp³-hybridized carbons (Fsp3) is 0.0588. The highest BCUT2D eigenvalue weighted by atomic mass is 16.5. The molecule has 1 amide bonds. The number of nitrogens with one attached hydrogen (secondary N) is 2. The Morgan fingerprint density at radius 1 is 1.15 bits per heavy atom. The van der Waals surface area contributed by atoms with E-state index in [2.05, 4.69) is 25.9 Å². The Kier molecular flexibility index (Phi) is 3.94. The van der Waals surface area contributed by atoms with Gasteiger partial charge in [0.1, 0.15) is 6.26 Å². The van der Waals surface area contributed by atoms with Crippen LogP contribution in [0.25, 0.3) is 16.9 Å². The molecular formula is C17H14N6O3. The Bertz CT molecular complexity index is 1040. The van der Waals surface area contributed by atoms with E-state index in [9.17, 15) is 4.79 Å². The second-order valence-corrected chi connectivity index (χ2v) is 5.48. The second-order valence-electron chi connectivity index (χ2n) is 5.48. The van der Waals surface area contributed by atoms with Crippen molar-refractivity contribution in [2.45, 2.75) is 6.54 Å². The lowest BCUT2D eigenvalue weighted by Crippen LogP contribution is -2.08. The van der Waals surface area contributed by atoms with Gasteiger partial charge in [0.2, 0.25) is 0 Å². The van der Waals surface area contributed by atoms with Gasteiger partial charge in [0, 0.05) is 18.2 Å². The van der Waals surface area contributed by atoms with Crippen LogP contribution in [-0.2, 0) is 6.54 Å². The number of hydrogen-bond acceptors (Lipinski definition) is 6. The van der Waals surface area contributed by atoms with E-state index in [1.165, 1.54) is 6.26 Å². The van der Waals surface area contributed by atoms with Crippen LogP contribution in [0.3, 0.4) is 0 Å². The topological polar surface area (TPSA) is 118 Å². The minimum atomic E-state index is -1.20. The van der Waals surface area contributed by atoms with Crippen LogP contribution in [0.5, 0.6) is 0 Å². The first-order valence-electron chi connectivity index (χ1n) is 7.78. The number of amides is 1. The van der Waals surface area contributed by atoms with Crippen LogP contribution in [0, 0.1) is 0 Å². The molecule has 3 N–H and O–H groups in total. The molecule has 0 radical (unpaired) electrons. The van der Waals surface area contributed by atoms with E-state index < -0.39 is 6.09 Å². The van der Waals surface area contributed by atoms with Gasteiger partial charge in [-0.3, -0.25) is 5.32 Å². The number of rotatable bonds is 5. The number of anilines is 2. The number of nitrogens with zero attached hydrogens (tertiary/aromatic N) is 4. The fourth-order valence-corrected chi connectivity index (χ4v) is 2.56. The predicted molar refractivity (Wildman–Crippen MR) is 93.9 cm³/mol. The maximum atomic E-state index is 10.8. The van der Waals surface area contributed by atoms with Gasteiger partial charge < -0.3 is 14.9 Å². The summed E-state index contributed by atoms with van der Waals surface area (Å²) < 4.78 is 6.38. The first-order chi connectivity index (χ1) is 12.7. The lowest BCUT2D eigenvalue weighted by molar-refractivity contribution is 0.209. The van der Waals surface area contributed by atoms with Crippen LogP contribution in [0.2, 0.25) is 0 Å². The number of pyridine rings is 1. The number of fused-ring (bicyclic) bond motifs is 1. The summed E-state index contributed by atoms with van der Waals surface area (Å²) in [5.41, 5.74) is 3.38. The smallest absolute Gasteiger partial charge is 0.411 e. The first-order valence-corrected chi connectivity index (χ1v) is 7.78. The Labute approximate surface area is 147 Å². The number of aromatic nitrogens is 4. The van der Waals surface area contributed by atoms with Gasteiger partial charge in [0.15, 0.2) is 11.5 Å². The average molecular weight is 350 g/mol. The van der Waals surface area contributed by atoms with Gasteiger partial charge in [0.25, 0.3) is 5.95 Å². The molecule has 1 aromatic carbocycles. The molecule has 4 rings (SSSR count). The summed E-state index contributed by atoms with van der Waals surface area (Å²) in [7, 11) is 0. The molecule has 0 bridgehead atoms. The zero-order valence-corrected chi connectivity index (χ0v) is 13.5. The second kappa shape index (κ2) is 6.55. The standard InChI is InChI=1S/C17H14N6O3/c24-17(25)20-16-19-15-3-1-2-13(23(15)21-16)12-6-4-11(5-7-12)10-18-14-8-9-26-22-14/h1-9H,10H2,(H,18,22)(H,20,21)(H,24,25). The maximum absolute atomic E-state index is 10.8. The highest BCUT2D eigenvalue weighted by Crippen LogP contribution is 2.21. The van der Waals surface area contributed by atoms with Crippen molar-refractivity contribution in [3.8, 4) is 11.3 Å². The zero-order valence-electron chi connectivity index (χ0n) is 13.5. The van der Waals surface area contributed by atoms with Crippen LogP contribution in [0.1, 0.15) is 5.56 Å². The third-order valence-electron chi connectivity index (χ3n) is 3.74. The van der Waals surface area contributed by atoms with Crippen molar-refractivity contribution >= 4 is 23.5 Å². The Hall–Kier alpha value is -3.88. The molecule has 4 aromatic rings. The summed E-state index contributed by atoms with van der Waals surface area (Å²) in [5.74, 6) is 0.721. The van der Waals surface area contributed by atoms with Gasteiger partial charge >= 0.3 is 6.09 Å². The molecule has 3 aromatic heterocycles. The van der Waals surface area contributed by atoms with Crippen LogP contribution < -0.4 is 10.6 Å². The predicted octanol–water partition coefficient (Wildman–Crippen LogP) is 3.09. The van der Waals surface area contributed by atoms with Gasteiger partial charge in [-0.05, 0) is 17.7 Å². The van der Waals surface area contributed by atoms with E-state index in [4.69, 9.17) is 9.63 Å². The quantitative estimate of drug-likeness (QED) is 0.506. The monoisotopic (exact) mass is 350 g/mol. The molecule has 0 fully saturated rings. The summed E-state index contributed by atoms with van der Waals surface area (Å²) >= 11 is 0. The van der Waals surface area contributed by atoms with Gasteiger partial charge in [0.05, 0.1) is 5.69 Å². The van der Waals surface area contributed by atoms with E-state index >= 15 is 0 Å². The molecule has 0 spiro atoms. The Balaban J connectivity index is 1.58. The van der Waals surface area contributed by atoms with E-state index in [-0.39, 0.29) is 5.95 Å². The normalized spacial score (nSPS) is 10.8. The molecule has 9 heteroatoms. The van der Waals surface area contributed by atoms with E-state index in [0.29, 0.717) is 18.0 Å². The summed E-state index contributed by atoms with van der Waals surface area (Å²) in [4.78, 5) is 14.9. The van der Waals surface area contributed by atoms with E-state index in [1.807, 2.05) is 36.4 Å². The van der Waals surface area contributed by atoms with Crippen molar-refractivity contribution in [3.63, 3.8) is 0 Å². The van der Waals surface area contributed by atoms with Crippen LogP contribution >= 0.6 is 0 Å². The maximum Gasteiger partial charge on any atom is 0.411 e. The van der Waals surface area contributed by atoms with Crippen molar-refractivity contribution in [1.29, 1.82) is 0 Å². The molecule has 130 valence electrons. The molecule has 26 heavy (non-hydrogen) atoms. The zero-order chi connectivity index (χ0) is 17.9.